The van der Waals surface area contributed by atoms with Gasteiger partial charge in [-0.25, -0.2) is 0 Å². The predicted molar refractivity (Wildman–Crippen MR) is 95.5 cm³/mol. The zero-order chi connectivity index (χ0) is 18.2. The minimum Gasteiger partial charge on any atom is -0.352 e. The van der Waals surface area contributed by atoms with Crippen LogP contribution in [0.15, 0.2) is 0 Å². The van der Waals surface area contributed by atoms with Crippen molar-refractivity contribution in [1.82, 2.24) is 10.2 Å². The van der Waals surface area contributed by atoms with Crippen molar-refractivity contribution >= 4 is 17.7 Å². The van der Waals surface area contributed by atoms with Gasteiger partial charge in [-0.1, -0.05) is 46.5 Å². The maximum Gasteiger partial charge on any atom is 0.240 e. The van der Waals surface area contributed by atoms with Gasteiger partial charge >= 0.3 is 0 Å². The Labute approximate surface area is 150 Å². The van der Waals surface area contributed by atoms with Crippen LogP contribution in [0.1, 0.15) is 72.1 Å². The first-order chi connectivity index (χ1) is 11.8. The SMILES string of the molecule is CC(C)(C)C1CCCCC1NC(=O)CN1C(=O)C2CCCCC2C1=O. The number of hydrogen-bond acceptors (Lipinski definition) is 3. The average Bonchev–Trinajstić information content (AvgIpc) is 2.80. The Hall–Kier alpha value is -1.39. The molecular formula is C20H32N2O3. The Morgan fingerprint density at radius 3 is 2.04 bits per heavy atom. The van der Waals surface area contributed by atoms with Gasteiger partial charge in [-0.2, -0.15) is 0 Å². The summed E-state index contributed by atoms with van der Waals surface area (Å²) < 4.78 is 0. The maximum absolute atomic E-state index is 12.6. The first-order valence-electron chi connectivity index (χ1n) is 9.93. The van der Waals surface area contributed by atoms with Crippen LogP contribution in [0, 0.1) is 23.2 Å². The number of nitrogens with zero attached hydrogens (tertiary/aromatic N) is 1. The van der Waals surface area contributed by atoms with Gasteiger partial charge in [0.25, 0.3) is 0 Å². The smallest absolute Gasteiger partial charge is 0.240 e. The summed E-state index contributed by atoms with van der Waals surface area (Å²) in [7, 11) is 0. The zero-order valence-electron chi connectivity index (χ0n) is 15.8. The molecule has 2 aliphatic carbocycles. The summed E-state index contributed by atoms with van der Waals surface area (Å²) in [6, 6.07) is 0.149. The highest BCUT2D eigenvalue weighted by atomic mass is 16.2. The number of rotatable bonds is 3. The molecule has 1 saturated heterocycles. The molecule has 2 saturated carbocycles. The molecule has 0 aromatic heterocycles. The van der Waals surface area contributed by atoms with Crippen molar-refractivity contribution in [1.29, 1.82) is 0 Å². The van der Waals surface area contributed by atoms with E-state index in [9.17, 15) is 14.4 Å². The monoisotopic (exact) mass is 348 g/mol. The van der Waals surface area contributed by atoms with Gasteiger partial charge < -0.3 is 5.32 Å². The van der Waals surface area contributed by atoms with E-state index in [1.165, 1.54) is 11.3 Å². The molecular weight excluding hydrogens is 316 g/mol. The topological polar surface area (TPSA) is 66.5 Å². The normalized spacial score (nSPS) is 33.3. The van der Waals surface area contributed by atoms with E-state index in [4.69, 9.17) is 0 Å². The van der Waals surface area contributed by atoms with Gasteiger partial charge in [0.05, 0.1) is 11.8 Å². The van der Waals surface area contributed by atoms with Crippen LogP contribution in [0.2, 0.25) is 0 Å². The standard InChI is InChI=1S/C20H32N2O3/c1-20(2,3)15-10-6-7-11-16(15)21-17(23)12-22-18(24)13-8-4-5-9-14(13)19(22)25/h13-16H,4-12H2,1-3H3,(H,21,23). The second-order valence-electron chi connectivity index (χ2n) is 9.19. The van der Waals surface area contributed by atoms with Gasteiger partial charge in [-0.05, 0) is 37.0 Å². The van der Waals surface area contributed by atoms with Crippen molar-refractivity contribution in [2.24, 2.45) is 23.2 Å². The summed E-state index contributed by atoms with van der Waals surface area (Å²) in [5.74, 6) is -0.335. The number of carbonyl (C=O) groups is 3. The lowest BCUT2D eigenvalue weighted by atomic mass is 9.69. The highest BCUT2D eigenvalue weighted by Crippen LogP contribution is 2.39. The van der Waals surface area contributed by atoms with E-state index in [2.05, 4.69) is 26.1 Å². The third kappa shape index (κ3) is 3.75. The van der Waals surface area contributed by atoms with Crippen LogP contribution in [-0.4, -0.2) is 35.2 Å². The summed E-state index contributed by atoms with van der Waals surface area (Å²) in [4.78, 5) is 38.9. The molecule has 1 N–H and O–H groups in total. The molecule has 1 aliphatic heterocycles. The van der Waals surface area contributed by atoms with Crippen LogP contribution in [0.25, 0.3) is 0 Å². The number of likely N-dealkylation sites (tertiary alicyclic amines) is 1. The highest BCUT2D eigenvalue weighted by molar-refractivity contribution is 6.07. The molecule has 0 bridgehead atoms. The molecule has 140 valence electrons. The van der Waals surface area contributed by atoms with Gasteiger partial charge in [0.1, 0.15) is 6.54 Å². The Morgan fingerprint density at radius 1 is 0.960 bits per heavy atom. The lowest BCUT2D eigenvalue weighted by Crippen LogP contribution is -2.50. The van der Waals surface area contributed by atoms with Crippen molar-refractivity contribution in [3.63, 3.8) is 0 Å². The van der Waals surface area contributed by atoms with Crippen LogP contribution >= 0.6 is 0 Å². The van der Waals surface area contributed by atoms with Crippen LogP contribution in [0.5, 0.6) is 0 Å². The second kappa shape index (κ2) is 7.08. The third-order valence-electron chi connectivity index (χ3n) is 6.46. The van der Waals surface area contributed by atoms with E-state index >= 15 is 0 Å². The molecule has 3 fully saturated rings. The van der Waals surface area contributed by atoms with Crippen molar-refractivity contribution < 1.29 is 14.4 Å². The van der Waals surface area contributed by atoms with E-state index in [-0.39, 0.29) is 47.6 Å². The van der Waals surface area contributed by atoms with E-state index < -0.39 is 0 Å². The maximum atomic E-state index is 12.6. The summed E-state index contributed by atoms with van der Waals surface area (Å²) in [6.45, 7) is 6.57. The number of nitrogens with one attached hydrogen (secondary N) is 1. The summed E-state index contributed by atoms with van der Waals surface area (Å²) in [5.41, 5.74) is 0.145. The Bertz CT molecular complexity index is 528. The zero-order valence-corrected chi connectivity index (χ0v) is 15.8. The number of imide groups is 1. The van der Waals surface area contributed by atoms with Crippen LogP contribution < -0.4 is 5.32 Å². The van der Waals surface area contributed by atoms with Crippen molar-refractivity contribution in [2.75, 3.05) is 6.54 Å². The third-order valence-corrected chi connectivity index (χ3v) is 6.46. The molecule has 0 radical (unpaired) electrons. The minimum atomic E-state index is -0.179. The van der Waals surface area contributed by atoms with Gasteiger partial charge in [-0.3, -0.25) is 19.3 Å². The lowest BCUT2D eigenvalue weighted by molar-refractivity contribution is -0.144. The molecule has 0 aromatic rings. The largest absolute Gasteiger partial charge is 0.352 e. The van der Waals surface area contributed by atoms with E-state index in [1.54, 1.807) is 0 Å². The number of amides is 3. The van der Waals surface area contributed by atoms with E-state index in [0.717, 1.165) is 44.9 Å². The summed E-state index contributed by atoms with van der Waals surface area (Å²) in [5, 5.41) is 3.14. The number of carbonyl (C=O) groups excluding carboxylic acids is 3. The van der Waals surface area contributed by atoms with Crippen molar-refractivity contribution in [3.05, 3.63) is 0 Å². The highest BCUT2D eigenvalue weighted by Gasteiger charge is 2.48. The quantitative estimate of drug-likeness (QED) is 0.798. The van der Waals surface area contributed by atoms with Crippen molar-refractivity contribution in [3.8, 4) is 0 Å². The van der Waals surface area contributed by atoms with Crippen LogP contribution in [0.3, 0.4) is 0 Å². The Kier molecular flexibility index (Phi) is 5.21. The van der Waals surface area contributed by atoms with Crippen LogP contribution in [0.4, 0.5) is 0 Å². The van der Waals surface area contributed by atoms with Gasteiger partial charge in [0.2, 0.25) is 17.7 Å². The molecule has 4 unspecified atom stereocenters. The number of fused-ring (bicyclic) bond motifs is 1. The molecule has 3 amide bonds. The molecule has 5 heteroatoms. The number of hydrogen-bond donors (Lipinski definition) is 1. The van der Waals surface area contributed by atoms with E-state index in [1.807, 2.05) is 0 Å². The Balaban J connectivity index is 1.62. The second-order valence-corrected chi connectivity index (χ2v) is 9.19. The first-order valence-corrected chi connectivity index (χ1v) is 9.93. The summed E-state index contributed by atoms with van der Waals surface area (Å²) in [6.07, 6.45) is 8.06. The molecule has 25 heavy (non-hydrogen) atoms. The van der Waals surface area contributed by atoms with Gasteiger partial charge in [-0.15, -0.1) is 0 Å². The van der Waals surface area contributed by atoms with Gasteiger partial charge in [0.15, 0.2) is 0 Å². The molecule has 4 atom stereocenters. The minimum absolute atomic E-state index is 0.0992. The van der Waals surface area contributed by atoms with E-state index in [0.29, 0.717) is 5.92 Å². The molecule has 0 spiro atoms. The first kappa shape index (κ1) is 18.4. The molecule has 3 aliphatic rings. The fourth-order valence-corrected chi connectivity index (χ4v) is 5.12. The molecule has 3 rings (SSSR count). The fourth-order valence-electron chi connectivity index (χ4n) is 5.12. The molecule has 1 heterocycles. The predicted octanol–water partition coefficient (Wildman–Crippen LogP) is 2.88. The van der Waals surface area contributed by atoms with Crippen LogP contribution in [-0.2, 0) is 14.4 Å². The fraction of sp³-hybridized carbons (Fsp3) is 0.850. The molecule has 5 nitrogen and oxygen atoms in total. The molecule has 0 aromatic carbocycles. The van der Waals surface area contributed by atoms with Crippen molar-refractivity contribution in [2.45, 2.75) is 78.2 Å². The summed E-state index contributed by atoms with van der Waals surface area (Å²) >= 11 is 0. The Morgan fingerprint density at radius 2 is 1.48 bits per heavy atom. The average molecular weight is 348 g/mol. The lowest BCUT2D eigenvalue weighted by Gasteiger charge is -2.40. The van der Waals surface area contributed by atoms with Gasteiger partial charge in [0, 0.05) is 6.04 Å².